The lowest BCUT2D eigenvalue weighted by molar-refractivity contribution is -0.123. The molecule has 0 aliphatic rings. The number of nitrogen functional groups attached to an aromatic ring is 1. The molecule has 0 aliphatic carbocycles. The molecule has 3 N–H and O–H groups in total. The van der Waals surface area contributed by atoms with Gasteiger partial charge in [0, 0.05) is 11.1 Å². The fourth-order valence-electron chi connectivity index (χ4n) is 2.19. The van der Waals surface area contributed by atoms with Gasteiger partial charge >= 0.3 is 5.97 Å². The summed E-state index contributed by atoms with van der Waals surface area (Å²) in [6.45, 7) is 1.43. The molecule has 0 aromatic heterocycles. The Morgan fingerprint density at radius 1 is 1.07 bits per heavy atom. The number of halogens is 2. The third-order valence-electron chi connectivity index (χ3n) is 3.61. The van der Waals surface area contributed by atoms with Crippen LogP contribution in [0, 0.1) is 0 Å². The van der Waals surface area contributed by atoms with E-state index in [1.54, 1.807) is 12.1 Å². The van der Waals surface area contributed by atoms with Gasteiger partial charge in [-0.05, 0) is 31.2 Å². The van der Waals surface area contributed by atoms with Crippen LogP contribution in [0.25, 0.3) is 0 Å². The monoisotopic (exact) mass is 412 g/mol. The quantitative estimate of drug-likeness (QED) is 0.553. The van der Waals surface area contributed by atoms with Crippen molar-refractivity contribution in [3.05, 3.63) is 45.9 Å². The van der Waals surface area contributed by atoms with Crippen LogP contribution in [-0.2, 0) is 9.53 Å². The van der Waals surface area contributed by atoms with Gasteiger partial charge in [-0.1, -0.05) is 23.2 Å². The molecule has 2 rings (SSSR count). The maximum atomic E-state index is 12.4. The summed E-state index contributed by atoms with van der Waals surface area (Å²) in [5.41, 5.74) is 6.35. The lowest BCUT2D eigenvalue weighted by atomic mass is 10.2. The number of anilines is 2. The number of rotatable bonds is 6. The number of hydrogen-bond acceptors (Lipinski definition) is 6. The van der Waals surface area contributed by atoms with Crippen molar-refractivity contribution < 1.29 is 23.8 Å². The van der Waals surface area contributed by atoms with Crippen LogP contribution in [0.5, 0.6) is 11.5 Å². The molecule has 0 spiro atoms. The molecule has 0 saturated heterocycles. The first-order valence-corrected chi connectivity index (χ1v) is 8.50. The standard InChI is InChI=1S/C18H18Cl2N2O5/c1-9(17(23)22-14-6-10(19)4-5-15(14)25-2)27-18(24)11-7-12(20)13(21)8-16(11)26-3/h4-9H,21H2,1-3H3,(H,22,23). The summed E-state index contributed by atoms with van der Waals surface area (Å²) in [4.78, 5) is 24.8. The molecule has 9 heteroatoms. The Morgan fingerprint density at radius 2 is 1.74 bits per heavy atom. The molecule has 2 aromatic rings. The number of benzene rings is 2. The smallest absolute Gasteiger partial charge is 0.342 e. The van der Waals surface area contributed by atoms with Gasteiger partial charge < -0.3 is 25.3 Å². The van der Waals surface area contributed by atoms with E-state index in [0.29, 0.717) is 16.5 Å². The number of ether oxygens (including phenoxy) is 3. The predicted octanol–water partition coefficient (Wildman–Crippen LogP) is 3.78. The summed E-state index contributed by atoms with van der Waals surface area (Å²) < 4.78 is 15.5. The molecule has 1 unspecified atom stereocenters. The molecule has 0 saturated carbocycles. The first-order chi connectivity index (χ1) is 12.8. The van der Waals surface area contributed by atoms with Gasteiger partial charge in [0.1, 0.15) is 17.1 Å². The van der Waals surface area contributed by atoms with Crippen molar-refractivity contribution in [3.63, 3.8) is 0 Å². The van der Waals surface area contributed by atoms with Crippen LogP contribution in [0.2, 0.25) is 10.0 Å². The van der Waals surface area contributed by atoms with E-state index in [1.807, 2.05) is 0 Å². The zero-order chi connectivity index (χ0) is 20.1. The van der Waals surface area contributed by atoms with Gasteiger partial charge in [0.25, 0.3) is 5.91 Å². The van der Waals surface area contributed by atoms with Crippen LogP contribution in [0.15, 0.2) is 30.3 Å². The first-order valence-electron chi connectivity index (χ1n) is 7.75. The van der Waals surface area contributed by atoms with Gasteiger partial charge in [-0.3, -0.25) is 4.79 Å². The molecule has 0 aliphatic heterocycles. The summed E-state index contributed by atoms with van der Waals surface area (Å²) in [5, 5.41) is 3.19. The molecule has 7 nitrogen and oxygen atoms in total. The summed E-state index contributed by atoms with van der Waals surface area (Å²) in [5.74, 6) is -0.747. The van der Waals surface area contributed by atoms with E-state index >= 15 is 0 Å². The Morgan fingerprint density at radius 3 is 2.37 bits per heavy atom. The minimum absolute atomic E-state index is 0.0525. The molecule has 0 fully saturated rings. The highest BCUT2D eigenvalue weighted by molar-refractivity contribution is 6.33. The fraction of sp³-hybridized carbons (Fsp3) is 0.222. The van der Waals surface area contributed by atoms with Crippen molar-refractivity contribution in [2.75, 3.05) is 25.3 Å². The maximum Gasteiger partial charge on any atom is 0.342 e. The summed E-state index contributed by atoms with van der Waals surface area (Å²) in [6.07, 6.45) is -1.11. The molecular formula is C18H18Cl2N2O5. The summed E-state index contributed by atoms with van der Waals surface area (Å²) in [7, 11) is 2.83. The van der Waals surface area contributed by atoms with Crippen molar-refractivity contribution in [1.29, 1.82) is 0 Å². The zero-order valence-corrected chi connectivity index (χ0v) is 16.4. The normalized spacial score (nSPS) is 11.4. The highest BCUT2D eigenvalue weighted by atomic mass is 35.5. The van der Waals surface area contributed by atoms with E-state index in [9.17, 15) is 9.59 Å². The molecule has 1 amide bonds. The number of carbonyl (C=O) groups is 2. The number of esters is 1. The molecule has 144 valence electrons. The lowest BCUT2D eigenvalue weighted by Gasteiger charge is -2.16. The van der Waals surface area contributed by atoms with E-state index < -0.39 is 18.0 Å². The molecular weight excluding hydrogens is 395 g/mol. The Bertz CT molecular complexity index is 873. The van der Waals surface area contributed by atoms with Crippen molar-refractivity contribution in [3.8, 4) is 11.5 Å². The Balaban J connectivity index is 2.14. The molecule has 2 aromatic carbocycles. The van der Waals surface area contributed by atoms with Gasteiger partial charge in [0.05, 0.1) is 30.6 Å². The van der Waals surface area contributed by atoms with E-state index in [-0.39, 0.29) is 22.0 Å². The van der Waals surface area contributed by atoms with Gasteiger partial charge in [0.15, 0.2) is 6.10 Å². The predicted molar refractivity (Wildman–Crippen MR) is 104 cm³/mol. The number of nitrogens with two attached hydrogens (primary N) is 1. The highest BCUT2D eigenvalue weighted by Crippen LogP contribution is 2.30. The third-order valence-corrected chi connectivity index (χ3v) is 4.17. The average Bonchev–Trinajstić information content (AvgIpc) is 2.63. The number of nitrogens with one attached hydrogen (secondary N) is 1. The number of carbonyl (C=O) groups excluding carboxylic acids is 2. The maximum absolute atomic E-state index is 12.4. The van der Waals surface area contributed by atoms with Crippen LogP contribution in [0.4, 0.5) is 11.4 Å². The molecule has 27 heavy (non-hydrogen) atoms. The fourth-order valence-corrected chi connectivity index (χ4v) is 2.52. The van der Waals surface area contributed by atoms with Crippen LogP contribution in [0.3, 0.4) is 0 Å². The molecule has 0 radical (unpaired) electrons. The summed E-state index contributed by atoms with van der Waals surface area (Å²) in [6, 6.07) is 7.48. The first kappa shape index (κ1) is 20.7. The third kappa shape index (κ3) is 4.96. The van der Waals surface area contributed by atoms with Crippen LogP contribution in [0.1, 0.15) is 17.3 Å². The zero-order valence-electron chi connectivity index (χ0n) is 14.8. The largest absolute Gasteiger partial charge is 0.496 e. The van der Waals surface area contributed by atoms with E-state index in [4.69, 9.17) is 43.1 Å². The lowest BCUT2D eigenvalue weighted by Crippen LogP contribution is -2.30. The van der Waals surface area contributed by atoms with Crippen molar-refractivity contribution in [1.82, 2.24) is 0 Å². The van der Waals surface area contributed by atoms with Crippen molar-refractivity contribution >= 4 is 46.5 Å². The minimum atomic E-state index is -1.11. The molecule has 0 bridgehead atoms. The van der Waals surface area contributed by atoms with Crippen LogP contribution >= 0.6 is 23.2 Å². The number of hydrogen-bond donors (Lipinski definition) is 2. The van der Waals surface area contributed by atoms with Gasteiger partial charge in [0.2, 0.25) is 0 Å². The second-order valence-corrected chi connectivity index (χ2v) is 6.30. The Kier molecular flexibility index (Phi) is 6.76. The van der Waals surface area contributed by atoms with Gasteiger partial charge in [-0.2, -0.15) is 0 Å². The second kappa shape index (κ2) is 8.83. The van der Waals surface area contributed by atoms with E-state index in [2.05, 4.69) is 5.32 Å². The van der Waals surface area contributed by atoms with Gasteiger partial charge in [-0.25, -0.2) is 4.79 Å². The summed E-state index contributed by atoms with van der Waals surface area (Å²) >= 11 is 11.9. The van der Waals surface area contributed by atoms with Crippen LogP contribution in [-0.4, -0.2) is 32.2 Å². The molecule has 1 atom stereocenters. The Labute approximate surface area is 166 Å². The minimum Gasteiger partial charge on any atom is -0.496 e. The van der Waals surface area contributed by atoms with Crippen molar-refractivity contribution in [2.45, 2.75) is 13.0 Å². The van der Waals surface area contributed by atoms with E-state index in [0.717, 1.165) is 0 Å². The molecule has 0 heterocycles. The van der Waals surface area contributed by atoms with Gasteiger partial charge in [-0.15, -0.1) is 0 Å². The SMILES string of the molecule is COc1ccc(Cl)cc1NC(=O)C(C)OC(=O)c1cc(Cl)c(N)cc1OC. The average molecular weight is 413 g/mol. The second-order valence-electron chi connectivity index (χ2n) is 5.46. The Hall–Kier alpha value is -2.64. The number of methoxy groups -OCH3 is 2. The van der Waals surface area contributed by atoms with Crippen LogP contribution < -0.4 is 20.5 Å². The topological polar surface area (TPSA) is 99.9 Å². The van der Waals surface area contributed by atoms with E-state index in [1.165, 1.54) is 39.3 Å². The highest BCUT2D eigenvalue weighted by Gasteiger charge is 2.23. The van der Waals surface area contributed by atoms with Crippen molar-refractivity contribution in [2.24, 2.45) is 0 Å². The number of amides is 1.